The van der Waals surface area contributed by atoms with Crippen molar-refractivity contribution < 1.29 is 27.9 Å². The highest BCUT2D eigenvalue weighted by Crippen LogP contribution is 2.32. The predicted octanol–water partition coefficient (Wildman–Crippen LogP) is 4.41. The van der Waals surface area contributed by atoms with Gasteiger partial charge >= 0.3 is 6.61 Å². The number of benzene rings is 2. The number of alkyl halides is 2. The number of thioether (sulfide) groups is 1. The Balaban J connectivity index is 1.57. The standard InChI is InChI=1S/C20H15ClF2N2O4S/c21-14-5-3-13(4-6-14)17(26)24-9-10-25-18(27)16(30-20(25)28)11-12-1-7-15(8-2-12)29-19(22)23/h1-8,11,19H,9-10H2,(H,24,26)/b16-11-. The molecule has 0 unspecified atom stereocenters. The Morgan fingerprint density at radius 3 is 2.43 bits per heavy atom. The van der Waals surface area contributed by atoms with Gasteiger partial charge in [-0.05, 0) is 59.8 Å². The van der Waals surface area contributed by atoms with E-state index in [4.69, 9.17) is 11.6 Å². The summed E-state index contributed by atoms with van der Waals surface area (Å²) in [5.41, 5.74) is 0.964. The molecule has 1 saturated heterocycles. The summed E-state index contributed by atoms with van der Waals surface area (Å²) in [5.74, 6) is -0.842. The van der Waals surface area contributed by atoms with Gasteiger partial charge in [-0.1, -0.05) is 23.7 Å². The molecule has 1 heterocycles. The van der Waals surface area contributed by atoms with Crippen LogP contribution in [0.2, 0.25) is 5.02 Å². The maximum atomic E-state index is 12.5. The van der Waals surface area contributed by atoms with Crippen molar-refractivity contribution in [3.8, 4) is 5.75 Å². The van der Waals surface area contributed by atoms with Gasteiger partial charge in [-0.25, -0.2) is 0 Å². The van der Waals surface area contributed by atoms with E-state index in [2.05, 4.69) is 10.1 Å². The SMILES string of the molecule is O=C(NCCN1C(=O)S/C(=C\c2ccc(OC(F)F)cc2)C1=O)c1ccc(Cl)cc1. The van der Waals surface area contributed by atoms with E-state index < -0.39 is 17.8 Å². The van der Waals surface area contributed by atoms with Crippen LogP contribution in [0.1, 0.15) is 15.9 Å². The number of ether oxygens (including phenoxy) is 1. The van der Waals surface area contributed by atoms with Crippen LogP contribution in [-0.2, 0) is 4.79 Å². The van der Waals surface area contributed by atoms with Crippen LogP contribution in [-0.4, -0.2) is 41.7 Å². The number of amides is 3. The van der Waals surface area contributed by atoms with Gasteiger partial charge in [0.05, 0.1) is 4.91 Å². The van der Waals surface area contributed by atoms with Crippen LogP contribution in [0.5, 0.6) is 5.75 Å². The molecule has 1 aliphatic rings. The summed E-state index contributed by atoms with van der Waals surface area (Å²) in [6, 6.07) is 12.0. The highest BCUT2D eigenvalue weighted by atomic mass is 35.5. The molecule has 3 amide bonds. The van der Waals surface area contributed by atoms with E-state index in [1.165, 1.54) is 30.3 Å². The zero-order chi connectivity index (χ0) is 21.7. The highest BCUT2D eigenvalue weighted by molar-refractivity contribution is 8.18. The van der Waals surface area contributed by atoms with Gasteiger partial charge in [0.2, 0.25) is 0 Å². The number of carbonyl (C=O) groups excluding carboxylic acids is 3. The molecule has 0 saturated carbocycles. The van der Waals surface area contributed by atoms with Crippen LogP contribution in [0.3, 0.4) is 0 Å². The van der Waals surface area contributed by atoms with Crippen molar-refractivity contribution in [1.29, 1.82) is 0 Å². The van der Waals surface area contributed by atoms with E-state index in [0.717, 1.165) is 16.7 Å². The zero-order valence-corrected chi connectivity index (χ0v) is 16.9. The van der Waals surface area contributed by atoms with Gasteiger partial charge in [0, 0.05) is 23.7 Å². The first-order valence-corrected chi connectivity index (χ1v) is 9.87. The molecule has 1 aliphatic heterocycles. The molecular formula is C20H15ClF2N2O4S. The normalized spacial score (nSPS) is 15.2. The minimum atomic E-state index is -2.92. The van der Waals surface area contributed by atoms with Gasteiger partial charge in [-0.15, -0.1) is 0 Å². The number of imide groups is 1. The first kappa shape index (κ1) is 21.8. The molecule has 3 rings (SSSR count). The summed E-state index contributed by atoms with van der Waals surface area (Å²) in [4.78, 5) is 37.9. The summed E-state index contributed by atoms with van der Waals surface area (Å²) in [6.45, 7) is -2.82. The third kappa shape index (κ3) is 5.58. The topological polar surface area (TPSA) is 75.7 Å². The van der Waals surface area contributed by atoms with Crippen LogP contribution in [0.25, 0.3) is 6.08 Å². The average molecular weight is 453 g/mol. The number of hydrogen-bond donors (Lipinski definition) is 1. The molecule has 1 N–H and O–H groups in total. The Bertz CT molecular complexity index is 981. The van der Waals surface area contributed by atoms with Crippen LogP contribution >= 0.6 is 23.4 Å². The summed E-state index contributed by atoms with van der Waals surface area (Å²) in [7, 11) is 0. The summed E-state index contributed by atoms with van der Waals surface area (Å²) >= 11 is 6.55. The van der Waals surface area contributed by atoms with Gasteiger partial charge in [-0.2, -0.15) is 8.78 Å². The molecule has 0 aromatic heterocycles. The first-order valence-electron chi connectivity index (χ1n) is 8.67. The molecular weight excluding hydrogens is 438 g/mol. The van der Waals surface area contributed by atoms with Crippen LogP contribution in [0.15, 0.2) is 53.4 Å². The van der Waals surface area contributed by atoms with Gasteiger partial charge < -0.3 is 10.1 Å². The average Bonchev–Trinajstić information content (AvgIpc) is 2.97. The van der Waals surface area contributed by atoms with E-state index in [9.17, 15) is 23.2 Å². The molecule has 0 bridgehead atoms. The summed E-state index contributed by atoms with van der Waals surface area (Å²) in [6.07, 6.45) is 1.49. The lowest BCUT2D eigenvalue weighted by Crippen LogP contribution is -2.37. The van der Waals surface area contributed by atoms with E-state index >= 15 is 0 Å². The van der Waals surface area contributed by atoms with E-state index in [-0.39, 0.29) is 29.7 Å². The van der Waals surface area contributed by atoms with Crippen molar-refractivity contribution in [1.82, 2.24) is 10.2 Å². The molecule has 30 heavy (non-hydrogen) atoms. The molecule has 10 heteroatoms. The molecule has 6 nitrogen and oxygen atoms in total. The maximum Gasteiger partial charge on any atom is 0.387 e. The fourth-order valence-electron chi connectivity index (χ4n) is 2.57. The number of nitrogens with zero attached hydrogens (tertiary/aromatic N) is 1. The monoisotopic (exact) mass is 452 g/mol. The Hall–Kier alpha value is -2.91. The van der Waals surface area contributed by atoms with Gasteiger partial charge in [0.15, 0.2) is 0 Å². The van der Waals surface area contributed by atoms with E-state index in [1.54, 1.807) is 24.3 Å². The molecule has 156 valence electrons. The minimum absolute atomic E-state index is 0.00770. The number of nitrogens with one attached hydrogen (secondary N) is 1. The second-order valence-electron chi connectivity index (χ2n) is 6.04. The van der Waals surface area contributed by atoms with E-state index in [0.29, 0.717) is 16.1 Å². The Labute approximate surface area is 179 Å². The predicted molar refractivity (Wildman–Crippen MR) is 110 cm³/mol. The van der Waals surface area contributed by atoms with Crippen molar-refractivity contribution >= 4 is 46.5 Å². The highest BCUT2D eigenvalue weighted by Gasteiger charge is 2.34. The lowest BCUT2D eigenvalue weighted by Gasteiger charge is -2.13. The molecule has 0 atom stereocenters. The van der Waals surface area contributed by atoms with Crippen LogP contribution < -0.4 is 10.1 Å². The van der Waals surface area contributed by atoms with Crippen molar-refractivity contribution in [2.24, 2.45) is 0 Å². The number of rotatable bonds is 7. The van der Waals surface area contributed by atoms with Crippen LogP contribution in [0.4, 0.5) is 13.6 Å². The smallest absolute Gasteiger partial charge is 0.387 e. The van der Waals surface area contributed by atoms with Gasteiger partial charge in [0.25, 0.3) is 17.1 Å². The fraction of sp³-hybridized carbons (Fsp3) is 0.150. The number of hydrogen-bond acceptors (Lipinski definition) is 5. The molecule has 0 spiro atoms. The Morgan fingerprint density at radius 2 is 1.80 bits per heavy atom. The lowest BCUT2D eigenvalue weighted by molar-refractivity contribution is -0.122. The summed E-state index contributed by atoms with van der Waals surface area (Å²) in [5, 5.41) is 2.69. The Kier molecular flexibility index (Phi) is 7.07. The van der Waals surface area contributed by atoms with Crippen molar-refractivity contribution in [3.05, 3.63) is 69.6 Å². The van der Waals surface area contributed by atoms with Gasteiger partial charge in [-0.3, -0.25) is 19.3 Å². The number of halogens is 3. The molecule has 0 aliphatic carbocycles. The number of carbonyl (C=O) groups is 3. The molecule has 2 aromatic carbocycles. The molecule has 1 fully saturated rings. The maximum absolute atomic E-state index is 12.5. The largest absolute Gasteiger partial charge is 0.435 e. The fourth-order valence-corrected chi connectivity index (χ4v) is 3.57. The third-order valence-corrected chi connectivity index (χ3v) is 5.16. The quantitative estimate of drug-likeness (QED) is 0.630. The zero-order valence-electron chi connectivity index (χ0n) is 15.3. The Morgan fingerprint density at radius 1 is 1.13 bits per heavy atom. The van der Waals surface area contributed by atoms with Crippen LogP contribution in [0, 0.1) is 0 Å². The first-order chi connectivity index (χ1) is 14.3. The molecule has 2 aromatic rings. The van der Waals surface area contributed by atoms with Gasteiger partial charge in [0.1, 0.15) is 5.75 Å². The molecule has 0 radical (unpaired) electrons. The van der Waals surface area contributed by atoms with Crippen molar-refractivity contribution in [3.63, 3.8) is 0 Å². The van der Waals surface area contributed by atoms with Crippen molar-refractivity contribution in [2.75, 3.05) is 13.1 Å². The van der Waals surface area contributed by atoms with E-state index in [1.807, 2.05) is 0 Å². The second kappa shape index (κ2) is 9.73. The van der Waals surface area contributed by atoms with Crippen molar-refractivity contribution in [2.45, 2.75) is 6.61 Å². The lowest BCUT2D eigenvalue weighted by atomic mass is 10.2. The minimum Gasteiger partial charge on any atom is -0.435 e. The third-order valence-electron chi connectivity index (χ3n) is 4.00. The summed E-state index contributed by atoms with van der Waals surface area (Å²) < 4.78 is 28.7. The second-order valence-corrected chi connectivity index (χ2v) is 7.47.